The first kappa shape index (κ1) is 23.4. The molecule has 1 N–H and O–H groups in total. The van der Waals surface area contributed by atoms with Crippen molar-refractivity contribution in [3.8, 4) is 16.9 Å². The lowest BCUT2D eigenvalue weighted by atomic mass is 9.94. The fourth-order valence-corrected chi connectivity index (χ4v) is 4.51. The molecule has 3 aromatic carbocycles. The molecule has 0 saturated carbocycles. The van der Waals surface area contributed by atoms with Crippen LogP contribution < -0.4 is 10.1 Å². The zero-order valence-electron chi connectivity index (χ0n) is 20.9. The van der Waals surface area contributed by atoms with Crippen LogP contribution in [0.25, 0.3) is 27.7 Å². The highest BCUT2D eigenvalue weighted by atomic mass is 16.5. The van der Waals surface area contributed by atoms with Gasteiger partial charge in [-0.15, -0.1) is 0 Å². The number of anilines is 1. The van der Waals surface area contributed by atoms with Gasteiger partial charge in [-0.25, -0.2) is 0 Å². The van der Waals surface area contributed by atoms with E-state index in [1.54, 1.807) is 13.2 Å². The van der Waals surface area contributed by atoms with E-state index in [0.29, 0.717) is 5.75 Å². The molecule has 4 aromatic rings. The number of benzene rings is 3. The summed E-state index contributed by atoms with van der Waals surface area (Å²) < 4.78 is 11.8. The highest BCUT2D eigenvalue weighted by molar-refractivity contribution is 6.06. The van der Waals surface area contributed by atoms with Crippen LogP contribution in [-0.2, 0) is 4.79 Å². The molecule has 0 saturated heterocycles. The lowest BCUT2D eigenvalue weighted by Crippen LogP contribution is -2.10. The van der Waals surface area contributed by atoms with E-state index in [2.05, 4.69) is 43.4 Å². The maximum atomic E-state index is 12.9. The van der Waals surface area contributed by atoms with Gasteiger partial charge in [-0.2, -0.15) is 0 Å². The van der Waals surface area contributed by atoms with Gasteiger partial charge in [0, 0.05) is 33.8 Å². The maximum absolute atomic E-state index is 12.9. The molecule has 174 valence electrons. The first-order valence-corrected chi connectivity index (χ1v) is 11.4. The van der Waals surface area contributed by atoms with Crippen molar-refractivity contribution in [3.05, 3.63) is 88.2 Å². The summed E-state index contributed by atoms with van der Waals surface area (Å²) in [6, 6.07) is 14.5. The van der Waals surface area contributed by atoms with Crippen LogP contribution in [0.1, 0.15) is 40.3 Å². The van der Waals surface area contributed by atoms with Crippen LogP contribution in [0, 0.1) is 34.6 Å². The molecule has 1 aromatic heterocycles. The van der Waals surface area contributed by atoms with Crippen molar-refractivity contribution in [1.82, 2.24) is 0 Å². The highest BCUT2D eigenvalue weighted by Crippen LogP contribution is 2.41. The molecule has 0 bridgehead atoms. The second-order valence-corrected chi connectivity index (χ2v) is 9.06. The van der Waals surface area contributed by atoms with Crippen molar-refractivity contribution >= 4 is 28.1 Å². The summed E-state index contributed by atoms with van der Waals surface area (Å²) in [6.45, 7) is 12.1. The molecular formula is C30H31NO3. The number of hydrogen-bond donors (Lipinski definition) is 1. The molecule has 1 amide bonds. The number of fused-ring (bicyclic) bond motifs is 1. The Kier molecular flexibility index (Phi) is 6.34. The predicted molar refractivity (Wildman–Crippen MR) is 141 cm³/mol. The molecule has 4 nitrogen and oxygen atoms in total. The first-order chi connectivity index (χ1) is 16.2. The van der Waals surface area contributed by atoms with Crippen molar-refractivity contribution in [2.75, 3.05) is 12.4 Å². The van der Waals surface area contributed by atoms with Crippen LogP contribution in [0.15, 0.2) is 59.2 Å². The zero-order valence-corrected chi connectivity index (χ0v) is 20.9. The number of methoxy groups -OCH3 is 1. The van der Waals surface area contributed by atoms with E-state index in [0.717, 1.165) is 55.6 Å². The third-order valence-corrected chi connectivity index (χ3v) is 6.34. The minimum atomic E-state index is -0.173. The third-order valence-electron chi connectivity index (χ3n) is 6.34. The smallest absolute Gasteiger partial charge is 0.248 e. The van der Waals surface area contributed by atoms with Crippen LogP contribution in [0.4, 0.5) is 5.69 Å². The lowest BCUT2D eigenvalue weighted by Gasteiger charge is -2.14. The van der Waals surface area contributed by atoms with Gasteiger partial charge in [0.15, 0.2) is 0 Å². The molecule has 0 aliphatic rings. The van der Waals surface area contributed by atoms with Crippen molar-refractivity contribution < 1.29 is 13.9 Å². The van der Waals surface area contributed by atoms with E-state index < -0.39 is 0 Å². The van der Waals surface area contributed by atoms with Gasteiger partial charge >= 0.3 is 0 Å². The van der Waals surface area contributed by atoms with Crippen molar-refractivity contribution in [3.63, 3.8) is 0 Å². The summed E-state index contributed by atoms with van der Waals surface area (Å²) in [6.07, 6.45) is 3.44. The third kappa shape index (κ3) is 4.36. The summed E-state index contributed by atoms with van der Waals surface area (Å²) in [7, 11) is 1.65. The Morgan fingerprint density at radius 3 is 2.32 bits per heavy atom. The second-order valence-electron chi connectivity index (χ2n) is 9.06. The number of carbonyl (C=O) groups is 1. The predicted octanol–water partition coefficient (Wildman–Crippen LogP) is 7.69. The molecule has 1 heterocycles. The Labute approximate surface area is 201 Å². The van der Waals surface area contributed by atoms with Crippen LogP contribution in [0.3, 0.4) is 0 Å². The van der Waals surface area contributed by atoms with Gasteiger partial charge in [0.05, 0.1) is 13.4 Å². The number of furan rings is 1. The molecule has 4 heteroatoms. The average Bonchev–Trinajstić information content (AvgIpc) is 3.20. The quantitative estimate of drug-likeness (QED) is 0.315. The molecule has 0 aliphatic carbocycles. The molecule has 0 spiro atoms. The number of nitrogens with one attached hydrogen (secondary N) is 1. The van der Waals surface area contributed by atoms with Gasteiger partial charge in [0.2, 0.25) is 5.91 Å². The SMILES string of the molecule is COc1c(/C(C)=C/C(=O)Nc2cc(C)ccc2C)cc2c(-c3ccc(C)cc3C)coc2c1C. The van der Waals surface area contributed by atoms with E-state index >= 15 is 0 Å². The number of aryl methyl sites for hydroxylation is 5. The normalized spacial score (nSPS) is 11.7. The zero-order chi connectivity index (χ0) is 24.6. The number of allylic oxidation sites excluding steroid dienone is 1. The Balaban J connectivity index is 1.79. The van der Waals surface area contributed by atoms with Gasteiger partial charge in [-0.3, -0.25) is 4.79 Å². The van der Waals surface area contributed by atoms with Gasteiger partial charge in [0.1, 0.15) is 11.3 Å². The van der Waals surface area contributed by atoms with E-state index in [-0.39, 0.29) is 5.91 Å². The van der Waals surface area contributed by atoms with Crippen molar-refractivity contribution in [2.45, 2.75) is 41.5 Å². The molecule has 0 unspecified atom stereocenters. The van der Waals surface area contributed by atoms with Gasteiger partial charge in [0.25, 0.3) is 0 Å². The van der Waals surface area contributed by atoms with Gasteiger partial charge < -0.3 is 14.5 Å². The molecule has 0 radical (unpaired) electrons. The van der Waals surface area contributed by atoms with Crippen molar-refractivity contribution in [2.24, 2.45) is 0 Å². The average molecular weight is 454 g/mol. The highest BCUT2D eigenvalue weighted by Gasteiger charge is 2.19. The number of rotatable bonds is 5. The Bertz CT molecular complexity index is 1440. The number of ether oxygens (including phenoxy) is 1. The Morgan fingerprint density at radius 2 is 1.62 bits per heavy atom. The van der Waals surface area contributed by atoms with E-state index in [1.165, 1.54) is 11.1 Å². The van der Waals surface area contributed by atoms with E-state index in [1.807, 2.05) is 52.2 Å². The summed E-state index contributed by atoms with van der Waals surface area (Å²) in [5.41, 5.74) is 10.9. The molecule has 4 rings (SSSR count). The molecule has 0 fully saturated rings. The monoisotopic (exact) mass is 453 g/mol. The fraction of sp³-hybridized carbons (Fsp3) is 0.233. The first-order valence-electron chi connectivity index (χ1n) is 11.4. The number of amides is 1. The number of hydrogen-bond acceptors (Lipinski definition) is 3. The summed E-state index contributed by atoms with van der Waals surface area (Å²) in [5.74, 6) is 0.537. The largest absolute Gasteiger partial charge is 0.496 e. The summed E-state index contributed by atoms with van der Waals surface area (Å²) >= 11 is 0. The van der Waals surface area contributed by atoms with Gasteiger partial charge in [-0.05, 0) is 81.5 Å². The van der Waals surface area contributed by atoms with Crippen molar-refractivity contribution in [1.29, 1.82) is 0 Å². The number of carbonyl (C=O) groups excluding carboxylic acids is 1. The van der Waals surface area contributed by atoms with Crippen LogP contribution in [0.2, 0.25) is 0 Å². The molecule has 0 aliphatic heterocycles. The molecular weight excluding hydrogens is 422 g/mol. The standard InChI is InChI=1S/C30H31NO3/c1-17-9-11-23(20(4)12-17)26-16-34-30-22(6)29(33-7)24(15-25(26)30)21(5)14-28(32)31-27-13-18(2)8-10-19(27)3/h8-16H,1-7H3,(H,31,32)/b21-14+. The lowest BCUT2D eigenvalue weighted by molar-refractivity contribution is -0.111. The summed E-state index contributed by atoms with van der Waals surface area (Å²) in [4.78, 5) is 12.9. The summed E-state index contributed by atoms with van der Waals surface area (Å²) in [5, 5.41) is 4.01. The minimum absolute atomic E-state index is 0.173. The van der Waals surface area contributed by atoms with E-state index in [9.17, 15) is 4.79 Å². The van der Waals surface area contributed by atoms with Crippen LogP contribution >= 0.6 is 0 Å². The minimum Gasteiger partial charge on any atom is -0.496 e. The fourth-order valence-electron chi connectivity index (χ4n) is 4.51. The van der Waals surface area contributed by atoms with E-state index in [4.69, 9.17) is 9.15 Å². The Morgan fingerprint density at radius 1 is 0.912 bits per heavy atom. The topological polar surface area (TPSA) is 51.5 Å². The van der Waals surface area contributed by atoms with Crippen LogP contribution in [0.5, 0.6) is 5.75 Å². The molecule has 0 atom stereocenters. The molecule has 34 heavy (non-hydrogen) atoms. The second kappa shape index (κ2) is 9.22. The van der Waals surface area contributed by atoms with Gasteiger partial charge in [-0.1, -0.05) is 35.9 Å². The Hall–Kier alpha value is -3.79. The maximum Gasteiger partial charge on any atom is 0.248 e. The van der Waals surface area contributed by atoms with Crippen LogP contribution in [-0.4, -0.2) is 13.0 Å².